The Labute approximate surface area is 328 Å². The second-order valence-corrected chi connectivity index (χ2v) is 15.0. The van der Waals surface area contributed by atoms with Gasteiger partial charge in [-0.05, 0) is 75.6 Å². The van der Waals surface area contributed by atoms with Crippen LogP contribution in [0, 0.1) is 0 Å². The normalized spacial score (nSPS) is 14.1. The fraction of sp³-hybridized carbons (Fsp3) is 0.359. The van der Waals surface area contributed by atoms with Crippen LogP contribution in [0.4, 0.5) is 29.0 Å². The maximum Gasteiger partial charge on any atom is 0.349 e. The monoisotopic (exact) mass is 777 g/mol. The highest BCUT2D eigenvalue weighted by Crippen LogP contribution is 2.33. The summed E-state index contributed by atoms with van der Waals surface area (Å²) >= 11 is 6.60. The molecule has 0 saturated carbocycles. The number of piperidine rings is 1. The van der Waals surface area contributed by atoms with Gasteiger partial charge in [-0.25, -0.2) is 19.7 Å². The summed E-state index contributed by atoms with van der Waals surface area (Å²) in [5, 5.41) is 19.3. The van der Waals surface area contributed by atoms with Crippen LogP contribution in [0.3, 0.4) is 0 Å². The van der Waals surface area contributed by atoms with Crippen molar-refractivity contribution in [3.05, 3.63) is 88.1 Å². The molecule has 56 heavy (non-hydrogen) atoms. The maximum atomic E-state index is 12.8. The van der Waals surface area contributed by atoms with Crippen molar-refractivity contribution < 1.29 is 9.59 Å². The Morgan fingerprint density at radius 2 is 1.77 bits per heavy atom. The molecule has 17 heteroatoms. The number of anilines is 5. The molecule has 1 aliphatic heterocycles. The van der Waals surface area contributed by atoms with Crippen molar-refractivity contribution >= 4 is 74.7 Å². The molecule has 2 aromatic carbocycles. The Kier molecular flexibility index (Phi) is 10.8. The van der Waals surface area contributed by atoms with Gasteiger partial charge >= 0.3 is 5.69 Å². The van der Waals surface area contributed by atoms with Crippen molar-refractivity contribution in [1.82, 2.24) is 44.6 Å². The second kappa shape index (κ2) is 15.9. The van der Waals surface area contributed by atoms with Gasteiger partial charge in [-0.2, -0.15) is 15.1 Å². The SMILES string of the molecule is CC(CCC(=O)NC=O)c1nn(C)c2cc(N3CCC(Nc4ncc(Cl)c(Nc5ccc6c(c5)c(NC(C)(C)c5ncccn5)nc(=O)n6C)n4)CC3)ccc12. The lowest BCUT2D eigenvalue weighted by Crippen LogP contribution is -2.39. The summed E-state index contributed by atoms with van der Waals surface area (Å²) < 4.78 is 3.39. The quantitative estimate of drug-likeness (QED) is 0.110. The number of halogens is 1. The number of fused-ring (bicyclic) bond motifs is 2. The van der Waals surface area contributed by atoms with Crippen LogP contribution in [0.5, 0.6) is 0 Å². The Balaban J connectivity index is 1.02. The number of imide groups is 1. The molecule has 2 amide bonds. The largest absolute Gasteiger partial charge is 0.371 e. The molecule has 5 heterocycles. The van der Waals surface area contributed by atoms with Crippen LogP contribution in [0.25, 0.3) is 21.8 Å². The zero-order chi connectivity index (χ0) is 39.6. The van der Waals surface area contributed by atoms with Crippen molar-refractivity contribution in [3.63, 3.8) is 0 Å². The van der Waals surface area contributed by atoms with Crippen LogP contribution in [-0.2, 0) is 29.2 Å². The van der Waals surface area contributed by atoms with Crippen LogP contribution in [0.15, 0.2) is 65.8 Å². The highest BCUT2D eigenvalue weighted by Gasteiger charge is 2.26. The van der Waals surface area contributed by atoms with Gasteiger partial charge in [-0.3, -0.25) is 24.2 Å². The maximum absolute atomic E-state index is 12.8. The fourth-order valence-corrected chi connectivity index (χ4v) is 7.22. The molecule has 0 radical (unpaired) electrons. The van der Waals surface area contributed by atoms with Gasteiger partial charge in [0.2, 0.25) is 18.3 Å². The summed E-state index contributed by atoms with van der Waals surface area (Å²) in [7, 11) is 3.62. The van der Waals surface area contributed by atoms with E-state index in [1.165, 1.54) is 4.57 Å². The number of aromatic nitrogens is 8. The number of carbonyl (C=O) groups is 2. The second-order valence-electron chi connectivity index (χ2n) is 14.6. The number of nitrogens with zero attached hydrogens (tertiary/aromatic N) is 9. The third-order valence-electron chi connectivity index (χ3n) is 10.2. The van der Waals surface area contributed by atoms with Crippen molar-refractivity contribution in [2.45, 2.75) is 64.0 Å². The van der Waals surface area contributed by atoms with Crippen molar-refractivity contribution in [3.8, 4) is 0 Å². The van der Waals surface area contributed by atoms with Gasteiger partial charge in [0.25, 0.3) is 0 Å². The summed E-state index contributed by atoms with van der Waals surface area (Å²) in [6, 6.07) is 13.9. The molecule has 1 fully saturated rings. The third-order valence-corrected chi connectivity index (χ3v) is 10.5. The minimum absolute atomic E-state index is 0.0554. The first-order chi connectivity index (χ1) is 26.9. The van der Waals surface area contributed by atoms with Crippen LogP contribution >= 0.6 is 11.6 Å². The lowest BCUT2D eigenvalue weighted by molar-refractivity contribution is -0.125. The fourth-order valence-electron chi connectivity index (χ4n) is 7.08. The lowest BCUT2D eigenvalue weighted by Gasteiger charge is -2.34. The Morgan fingerprint density at radius 3 is 2.52 bits per heavy atom. The van der Waals surface area contributed by atoms with Crippen molar-refractivity contribution in [2.24, 2.45) is 14.1 Å². The number of hydrogen-bond donors (Lipinski definition) is 4. The van der Waals surface area contributed by atoms with Crippen molar-refractivity contribution in [2.75, 3.05) is 33.9 Å². The van der Waals surface area contributed by atoms with E-state index in [0.29, 0.717) is 57.9 Å². The molecular weight excluding hydrogens is 734 g/mol. The minimum atomic E-state index is -0.721. The molecule has 7 rings (SSSR count). The molecule has 4 aromatic heterocycles. The highest BCUT2D eigenvalue weighted by atomic mass is 35.5. The van der Waals surface area contributed by atoms with E-state index >= 15 is 0 Å². The van der Waals surface area contributed by atoms with E-state index < -0.39 is 11.2 Å². The van der Waals surface area contributed by atoms with Gasteiger partial charge < -0.3 is 20.9 Å². The molecule has 0 bridgehead atoms. The molecule has 1 aliphatic rings. The summed E-state index contributed by atoms with van der Waals surface area (Å²) in [4.78, 5) is 59.9. The average Bonchev–Trinajstić information content (AvgIpc) is 3.53. The van der Waals surface area contributed by atoms with Crippen LogP contribution in [0.2, 0.25) is 5.02 Å². The molecule has 1 saturated heterocycles. The number of benzene rings is 2. The molecule has 1 unspecified atom stereocenters. The van der Waals surface area contributed by atoms with E-state index in [0.717, 1.165) is 48.2 Å². The smallest absolute Gasteiger partial charge is 0.349 e. The highest BCUT2D eigenvalue weighted by molar-refractivity contribution is 6.33. The van der Waals surface area contributed by atoms with Gasteiger partial charge in [0, 0.05) is 80.1 Å². The molecule has 290 valence electrons. The zero-order valence-corrected chi connectivity index (χ0v) is 32.6. The number of nitrogens with one attached hydrogen (secondary N) is 4. The van der Waals surface area contributed by atoms with E-state index in [1.807, 2.05) is 43.8 Å². The van der Waals surface area contributed by atoms with Gasteiger partial charge in [0.05, 0.1) is 28.5 Å². The lowest BCUT2D eigenvalue weighted by atomic mass is 9.98. The standard InChI is InChI=1S/C39H44ClN13O3/c1-23(7-12-32(55)44-22-54)33-27-10-9-26(20-31(27)52(5)50-33)53-17-13-24(14-18-53)46-37-43-21-29(40)35(47-37)45-25-8-11-30-28(19-25)34(48-38(56)51(30)4)49-39(2,3)36-41-15-6-16-42-36/h6,8-11,15-16,19-24H,7,12-14,17-18H2,1-5H3,(H,44,54,55)(H,48,49,56)(H2,43,45,46,47). The molecule has 1 atom stereocenters. The van der Waals surface area contributed by atoms with E-state index in [9.17, 15) is 14.4 Å². The molecule has 6 aromatic rings. The first kappa shape index (κ1) is 38.1. The van der Waals surface area contributed by atoms with Crippen LogP contribution < -0.4 is 31.9 Å². The Morgan fingerprint density at radius 1 is 1.00 bits per heavy atom. The van der Waals surface area contributed by atoms with E-state index in [1.54, 1.807) is 31.7 Å². The third kappa shape index (κ3) is 8.10. The van der Waals surface area contributed by atoms with Gasteiger partial charge in [0.15, 0.2) is 11.6 Å². The number of aryl methyl sites for hydroxylation is 2. The van der Waals surface area contributed by atoms with Crippen LogP contribution in [0.1, 0.15) is 63.9 Å². The van der Waals surface area contributed by atoms with Gasteiger partial charge in [0.1, 0.15) is 10.8 Å². The van der Waals surface area contributed by atoms with Gasteiger partial charge in [-0.15, -0.1) is 0 Å². The molecule has 16 nitrogen and oxygen atoms in total. The predicted octanol–water partition coefficient (Wildman–Crippen LogP) is 5.38. The van der Waals surface area contributed by atoms with Crippen molar-refractivity contribution in [1.29, 1.82) is 0 Å². The van der Waals surface area contributed by atoms with E-state index in [2.05, 4.69) is 71.2 Å². The summed E-state index contributed by atoms with van der Waals surface area (Å²) in [5.74, 6) is 1.64. The van der Waals surface area contributed by atoms with Crippen LogP contribution in [-0.4, -0.2) is 70.7 Å². The average molecular weight is 778 g/mol. The summed E-state index contributed by atoms with van der Waals surface area (Å²) in [5.41, 5.74) is 3.38. The van der Waals surface area contributed by atoms with Gasteiger partial charge in [-0.1, -0.05) is 18.5 Å². The molecular formula is C39H44ClN13O3. The van der Waals surface area contributed by atoms with E-state index in [-0.39, 0.29) is 24.3 Å². The number of amides is 2. The topological polar surface area (TPSA) is 190 Å². The summed E-state index contributed by atoms with van der Waals surface area (Å²) in [6.07, 6.45) is 7.95. The molecule has 0 aliphatic carbocycles. The zero-order valence-electron chi connectivity index (χ0n) is 31.9. The molecule has 4 N–H and O–H groups in total. The minimum Gasteiger partial charge on any atom is -0.371 e. The predicted molar refractivity (Wildman–Crippen MR) is 217 cm³/mol. The number of hydrogen-bond acceptors (Lipinski definition) is 13. The Bertz CT molecular complexity index is 2460. The number of rotatable bonds is 13. The first-order valence-corrected chi connectivity index (χ1v) is 18.8. The number of carbonyl (C=O) groups excluding carboxylic acids is 2. The van der Waals surface area contributed by atoms with E-state index in [4.69, 9.17) is 21.7 Å². The summed E-state index contributed by atoms with van der Waals surface area (Å²) in [6.45, 7) is 7.59. The molecule has 0 spiro atoms. The Hall–Kier alpha value is -6.16. The first-order valence-electron chi connectivity index (χ1n) is 18.5.